The predicted molar refractivity (Wildman–Crippen MR) is 70.5 cm³/mol. The SMILES string of the molecule is CC1(CNc2cccc(N)c2)CCCCC1. The fourth-order valence-electron chi connectivity index (χ4n) is 2.55. The van der Waals surface area contributed by atoms with Gasteiger partial charge in [0, 0.05) is 17.9 Å². The summed E-state index contributed by atoms with van der Waals surface area (Å²) in [7, 11) is 0. The minimum atomic E-state index is 0.475. The third kappa shape index (κ3) is 2.91. The third-order valence-corrected chi connectivity index (χ3v) is 3.67. The van der Waals surface area contributed by atoms with Crippen LogP contribution >= 0.6 is 0 Å². The first-order valence-electron chi connectivity index (χ1n) is 6.27. The Balaban J connectivity index is 1.91. The average Bonchev–Trinajstić information content (AvgIpc) is 2.28. The Morgan fingerprint density at radius 2 is 2.00 bits per heavy atom. The second-order valence-corrected chi connectivity index (χ2v) is 5.35. The fraction of sp³-hybridized carbons (Fsp3) is 0.571. The largest absolute Gasteiger partial charge is 0.399 e. The summed E-state index contributed by atoms with van der Waals surface area (Å²) in [5, 5.41) is 3.52. The van der Waals surface area contributed by atoms with Crippen molar-refractivity contribution < 1.29 is 0 Å². The maximum atomic E-state index is 5.76. The van der Waals surface area contributed by atoms with Crippen LogP contribution in [-0.4, -0.2) is 6.54 Å². The molecule has 1 aromatic rings. The zero-order valence-corrected chi connectivity index (χ0v) is 10.1. The van der Waals surface area contributed by atoms with Crippen LogP contribution in [0, 0.1) is 5.41 Å². The normalized spacial score (nSPS) is 19.3. The molecule has 0 unspecified atom stereocenters. The van der Waals surface area contributed by atoms with Crippen LogP contribution in [0.3, 0.4) is 0 Å². The third-order valence-electron chi connectivity index (χ3n) is 3.67. The highest BCUT2D eigenvalue weighted by atomic mass is 14.9. The smallest absolute Gasteiger partial charge is 0.0360 e. The lowest BCUT2D eigenvalue weighted by Crippen LogP contribution is -2.28. The molecule has 0 bridgehead atoms. The van der Waals surface area contributed by atoms with Crippen molar-refractivity contribution in [1.29, 1.82) is 0 Å². The lowest BCUT2D eigenvalue weighted by molar-refractivity contribution is 0.233. The van der Waals surface area contributed by atoms with E-state index in [4.69, 9.17) is 5.73 Å². The van der Waals surface area contributed by atoms with Crippen molar-refractivity contribution in [2.24, 2.45) is 5.41 Å². The van der Waals surface area contributed by atoms with Crippen LogP contribution in [0.2, 0.25) is 0 Å². The standard InChI is InChI=1S/C14H22N2/c1-14(8-3-2-4-9-14)11-16-13-7-5-6-12(15)10-13/h5-7,10,16H,2-4,8-9,11,15H2,1H3. The molecule has 0 heterocycles. The molecule has 3 N–H and O–H groups in total. The first-order chi connectivity index (χ1) is 7.68. The van der Waals surface area contributed by atoms with E-state index in [2.05, 4.69) is 18.3 Å². The molecule has 0 saturated heterocycles. The summed E-state index contributed by atoms with van der Waals surface area (Å²) in [6, 6.07) is 8.02. The Labute approximate surface area is 98.2 Å². The van der Waals surface area contributed by atoms with Crippen LogP contribution in [-0.2, 0) is 0 Å². The number of nitrogens with one attached hydrogen (secondary N) is 1. The van der Waals surface area contributed by atoms with E-state index in [1.54, 1.807) is 0 Å². The quantitative estimate of drug-likeness (QED) is 0.760. The summed E-state index contributed by atoms with van der Waals surface area (Å²) in [5.74, 6) is 0. The second kappa shape index (κ2) is 4.77. The van der Waals surface area contributed by atoms with E-state index in [9.17, 15) is 0 Å². The van der Waals surface area contributed by atoms with Gasteiger partial charge in [0.1, 0.15) is 0 Å². The van der Waals surface area contributed by atoms with Gasteiger partial charge in [0.05, 0.1) is 0 Å². The monoisotopic (exact) mass is 218 g/mol. The summed E-state index contributed by atoms with van der Waals surface area (Å²) < 4.78 is 0. The van der Waals surface area contributed by atoms with Gasteiger partial charge in [-0.05, 0) is 36.5 Å². The van der Waals surface area contributed by atoms with E-state index in [0.717, 1.165) is 17.9 Å². The zero-order chi connectivity index (χ0) is 11.4. The highest BCUT2D eigenvalue weighted by Crippen LogP contribution is 2.35. The minimum Gasteiger partial charge on any atom is -0.399 e. The molecule has 88 valence electrons. The van der Waals surface area contributed by atoms with Crippen LogP contribution in [0.25, 0.3) is 0 Å². The van der Waals surface area contributed by atoms with E-state index >= 15 is 0 Å². The Kier molecular flexibility index (Phi) is 3.37. The highest BCUT2D eigenvalue weighted by molar-refractivity contribution is 5.54. The molecule has 0 radical (unpaired) electrons. The summed E-state index contributed by atoms with van der Waals surface area (Å²) in [4.78, 5) is 0. The molecular formula is C14H22N2. The molecule has 1 fully saturated rings. The molecule has 1 aliphatic rings. The van der Waals surface area contributed by atoms with Crippen molar-refractivity contribution >= 4 is 11.4 Å². The van der Waals surface area contributed by atoms with E-state index in [-0.39, 0.29) is 0 Å². The minimum absolute atomic E-state index is 0.475. The Hall–Kier alpha value is -1.18. The Morgan fingerprint density at radius 3 is 2.69 bits per heavy atom. The summed E-state index contributed by atoms with van der Waals surface area (Å²) >= 11 is 0. The van der Waals surface area contributed by atoms with Crippen molar-refractivity contribution in [3.05, 3.63) is 24.3 Å². The van der Waals surface area contributed by atoms with Gasteiger partial charge in [-0.15, -0.1) is 0 Å². The first-order valence-corrected chi connectivity index (χ1v) is 6.27. The molecule has 2 nitrogen and oxygen atoms in total. The molecule has 0 aromatic heterocycles. The molecule has 0 spiro atoms. The topological polar surface area (TPSA) is 38.0 Å². The molecule has 0 amide bonds. The lowest BCUT2D eigenvalue weighted by Gasteiger charge is -2.34. The number of hydrogen-bond donors (Lipinski definition) is 2. The summed E-state index contributed by atoms with van der Waals surface area (Å²) in [5.41, 5.74) is 8.21. The van der Waals surface area contributed by atoms with Gasteiger partial charge in [-0.2, -0.15) is 0 Å². The van der Waals surface area contributed by atoms with Gasteiger partial charge in [-0.25, -0.2) is 0 Å². The Morgan fingerprint density at radius 1 is 1.25 bits per heavy atom. The van der Waals surface area contributed by atoms with Crippen LogP contribution in [0.1, 0.15) is 39.0 Å². The van der Waals surface area contributed by atoms with Crippen LogP contribution in [0.15, 0.2) is 24.3 Å². The van der Waals surface area contributed by atoms with E-state index < -0.39 is 0 Å². The van der Waals surface area contributed by atoms with Crippen molar-refractivity contribution in [1.82, 2.24) is 0 Å². The number of hydrogen-bond acceptors (Lipinski definition) is 2. The summed E-state index contributed by atoms with van der Waals surface area (Å²) in [6.07, 6.45) is 6.88. The number of anilines is 2. The number of nitrogen functional groups attached to an aromatic ring is 1. The van der Waals surface area contributed by atoms with Crippen LogP contribution < -0.4 is 11.1 Å². The van der Waals surface area contributed by atoms with Gasteiger partial charge in [0.25, 0.3) is 0 Å². The molecule has 16 heavy (non-hydrogen) atoms. The summed E-state index contributed by atoms with van der Waals surface area (Å²) in [6.45, 7) is 3.46. The number of rotatable bonds is 3. The van der Waals surface area contributed by atoms with Crippen LogP contribution in [0.5, 0.6) is 0 Å². The van der Waals surface area contributed by atoms with Crippen molar-refractivity contribution in [2.75, 3.05) is 17.6 Å². The molecule has 1 aromatic carbocycles. The highest BCUT2D eigenvalue weighted by Gasteiger charge is 2.26. The van der Waals surface area contributed by atoms with Crippen molar-refractivity contribution in [3.8, 4) is 0 Å². The maximum absolute atomic E-state index is 5.76. The fourth-order valence-corrected chi connectivity index (χ4v) is 2.55. The molecule has 1 aliphatic carbocycles. The first kappa shape index (κ1) is 11.3. The van der Waals surface area contributed by atoms with Gasteiger partial charge >= 0.3 is 0 Å². The van der Waals surface area contributed by atoms with Crippen molar-refractivity contribution in [2.45, 2.75) is 39.0 Å². The molecule has 1 saturated carbocycles. The zero-order valence-electron chi connectivity index (χ0n) is 10.1. The number of benzene rings is 1. The molecular weight excluding hydrogens is 196 g/mol. The van der Waals surface area contributed by atoms with Gasteiger partial charge in [-0.3, -0.25) is 0 Å². The van der Waals surface area contributed by atoms with Gasteiger partial charge in [-0.1, -0.05) is 32.3 Å². The van der Waals surface area contributed by atoms with Gasteiger partial charge < -0.3 is 11.1 Å². The predicted octanol–water partition coefficient (Wildman–Crippen LogP) is 3.65. The van der Waals surface area contributed by atoms with E-state index in [1.165, 1.54) is 32.1 Å². The van der Waals surface area contributed by atoms with Crippen molar-refractivity contribution in [3.63, 3.8) is 0 Å². The molecule has 2 rings (SSSR count). The number of nitrogens with two attached hydrogens (primary N) is 1. The molecule has 2 heteroatoms. The average molecular weight is 218 g/mol. The van der Waals surface area contributed by atoms with Gasteiger partial charge in [0.15, 0.2) is 0 Å². The van der Waals surface area contributed by atoms with E-state index in [1.807, 2.05) is 18.2 Å². The second-order valence-electron chi connectivity index (χ2n) is 5.35. The van der Waals surface area contributed by atoms with E-state index in [0.29, 0.717) is 5.41 Å². The molecule has 0 atom stereocenters. The molecule has 0 aliphatic heterocycles. The maximum Gasteiger partial charge on any atom is 0.0360 e. The van der Waals surface area contributed by atoms with Crippen LogP contribution in [0.4, 0.5) is 11.4 Å². The Bertz CT molecular complexity index is 340. The lowest BCUT2D eigenvalue weighted by atomic mass is 9.76. The van der Waals surface area contributed by atoms with Gasteiger partial charge in [0.2, 0.25) is 0 Å².